The van der Waals surface area contributed by atoms with Crippen molar-refractivity contribution in [2.75, 3.05) is 25.0 Å². The average Bonchev–Trinajstić information content (AvgIpc) is 2.55. The second-order valence-corrected chi connectivity index (χ2v) is 6.69. The van der Waals surface area contributed by atoms with Gasteiger partial charge in [-0.2, -0.15) is 0 Å². The van der Waals surface area contributed by atoms with Crippen LogP contribution in [0, 0.1) is 0 Å². The minimum Gasteiger partial charge on any atom is -0.388 e. The van der Waals surface area contributed by atoms with Gasteiger partial charge in [-0.1, -0.05) is 18.2 Å². The van der Waals surface area contributed by atoms with Gasteiger partial charge in [-0.3, -0.25) is 9.79 Å². The van der Waals surface area contributed by atoms with Gasteiger partial charge in [0.1, 0.15) is 0 Å². The van der Waals surface area contributed by atoms with E-state index in [-0.39, 0.29) is 35.8 Å². The van der Waals surface area contributed by atoms with E-state index in [0.29, 0.717) is 25.5 Å². The highest BCUT2D eigenvalue weighted by Gasteiger charge is 2.34. The molecular weight excluding hydrogens is 431 g/mol. The van der Waals surface area contributed by atoms with E-state index in [1.807, 2.05) is 25.1 Å². The third kappa shape index (κ3) is 5.07. The summed E-state index contributed by atoms with van der Waals surface area (Å²) < 4.78 is 0. The number of fused-ring (bicyclic) bond motifs is 1. The maximum Gasteiger partial charge on any atom is 0.225 e. The Kier molecular flexibility index (Phi) is 7.06. The van der Waals surface area contributed by atoms with Crippen molar-refractivity contribution in [1.82, 2.24) is 10.6 Å². The molecule has 1 unspecified atom stereocenters. The van der Waals surface area contributed by atoms with Gasteiger partial charge in [-0.15, -0.1) is 24.0 Å². The third-order valence-electron chi connectivity index (χ3n) is 4.78. The standard InChI is InChI=1S/C18H26N4O2.HI/c1-2-19-17(21-12-18(24)8-5-9-18)20-11-13-10-16(23)22-15-7-4-3-6-14(13)15;/h3-4,6-7,13,24H,2,5,8-12H2,1H3,(H,22,23)(H2,19,20,21);1H. The molecule has 0 spiro atoms. The van der Waals surface area contributed by atoms with Crippen LogP contribution in [-0.2, 0) is 4.79 Å². The fourth-order valence-corrected chi connectivity index (χ4v) is 3.21. The van der Waals surface area contributed by atoms with Crippen molar-refractivity contribution in [2.45, 2.75) is 44.1 Å². The number of halogens is 1. The maximum absolute atomic E-state index is 11.9. The van der Waals surface area contributed by atoms with Crippen molar-refractivity contribution in [3.63, 3.8) is 0 Å². The zero-order valence-electron chi connectivity index (χ0n) is 14.5. The summed E-state index contributed by atoms with van der Waals surface area (Å²) in [6, 6.07) is 7.92. The zero-order chi connectivity index (χ0) is 17.0. The van der Waals surface area contributed by atoms with Gasteiger partial charge in [0.2, 0.25) is 5.91 Å². The fraction of sp³-hybridized carbons (Fsp3) is 0.556. The SMILES string of the molecule is CCNC(=NCC1(O)CCC1)NCC1CC(=O)Nc2ccccc21.I. The van der Waals surface area contributed by atoms with E-state index < -0.39 is 5.60 Å². The number of guanidine groups is 1. The fourth-order valence-electron chi connectivity index (χ4n) is 3.21. The van der Waals surface area contributed by atoms with Gasteiger partial charge in [0, 0.05) is 31.1 Å². The van der Waals surface area contributed by atoms with Gasteiger partial charge in [0.15, 0.2) is 5.96 Å². The van der Waals surface area contributed by atoms with Crippen molar-refractivity contribution < 1.29 is 9.90 Å². The van der Waals surface area contributed by atoms with Gasteiger partial charge in [0.05, 0.1) is 12.1 Å². The number of aliphatic imine (C=N–C) groups is 1. The third-order valence-corrected chi connectivity index (χ3v) is 4.78. The molecule has 1 aromatic rings. The smallest absolute Gasteiger partial charge is 0.225 e. The number of nitrogens with zero attached hydrogens (tertiary/aromatic N) is 1. The summed E-state index contributed by atoms with van der Waals surface area (Å²) in [6.07, 6.45) is 3.19. The number of carbonyl (C=O) groups excluding carboxylic acids is 1. The van der Waals surface area contributed by atoms with Crippen LogP contribution in [-0.4, -0.2) is 42.2 Å². The molecule has 1 aliphatic carbocycles. The lowest BCUT2D eigenvalue weighted by Gasteiger charge is -2.35. The Morgan fingerprint density at radius 3 is 2.80 bits per heavy atom. The van der Waals surface area contributed by atoms with E-state index in [1.54, 1.807) is 0 Å². The van der Waals surface area contributed by atoms with Crippen molar-refractivity contribution in [3.05, 3.63) is 29.8 Å². The number of amides is 1. The van der Waals surface area contributed by atoms with Gasteiger partial charge in [0.25, 0.3) is 0 Å². The van der Waals surface area contributed by atoms with Crippen LogP contribution in [0.5, 0.6) is 0 Å². The Hall–Kier alpha value is -1.35. The molecule has 4 N–H and O–H groups in total. The number of benzene rings is 1. The summed E-state index contributed by atoms with van der Waals surface area (Å²) in [5, 5.41) is 19.6. The molecule has 1 fully saturated rings. The van der Waals surface area contributed by atoms with E-state index in [1.165, 1.54) is 0 Å². The Balaban J connectivity index is 0.00000225. The predicted octanol–water partition coefficient (Wildman–Crippen LogP) is 2.20. The van der Waals surface area contributed by atoms with Crippen molar-refractivity contribution in [1.29, 1.82) is 0 Å². The molecule has 25 heavy (non-hydrogen) atoms. The highest BCUT2D eigenvalue weighted by atomic mass is 127. The first-order valence-corrected chi connectivity index (χ1v) is 8.73. The quantitative estimate of drug-likeness (QED) is 0.310. The predicted molar refractivity (Wildman–Crippen MR) is 111 cm³/mol. The van der Waals surface area contributed by atoms with E-state index in [4.69, 9.17) is 0 Å². The highest BCUT2D eigenvalue weighted by Crippen LogP contribution is 2.32. The highest BCUT2D eigenvalue weighted by molar-refractivity contribution is 14.0. The number of rotatable bonds is 5. The molecule has 7 heteroatoms. The number of hydrogen-bond acceptors (Lipinski definition) is 3. The molecule has 138 valence electrons. The van der Waals surface area contributed by atoms with Crippen LogP contribution in [0.2, 0.25) is 0 Å². The molecule has 0 saturated heterocycles. The minimum absolute atomic E-state index is 0. The minimum atomic E-state index is -0.625. The number of aliphatic hydroxyl groups is 1. The summed E-state index contributed by atoms with van der Waals surface area (Å²) >= 11 is 0. The van der Waals surface area contributed by atoms with Crippen LogP contribution < -0.4 is 16.0 Å². The van der Waals surface area contributed by atoms with Crippen LogP contribution in [0.25, 0.3) is 0 Å². The summed E-state index contributed by atoms with van der Waals surface area (Å²) in [5.74, 6) is 0.859. The molecule has 0 aromatic heterocycles. The molecule has 3 rings (SSSR count). The summed E-state index contributed by atoms with van der Waals surface area (Å²) in [5.41, 5.74) is 1.42. The number of hydrogen-bond donors (Lipinski definition) is 4. The van der Waals surface area contributed by atoms with Crippen molar-refractivity contribution in [3.8, 4) is 0 Å². The van der Waals surface area contributed by atoms with Crippen LogP contribution >= 0.6 is 24.0 Å². The Morgan fingerprint density at radius 1 is 1.36 bits per heavy atom. The van der Waals surface area contributed by atoms with Gasteiger partial charge >= 0.3 is 0 Å². The maximum atomic E-state index is 11.9. The van der Waals surface area contributed by atoms with Gasteiger partial charge < -0.3 is 21.1 Å². The lowest BCUT2D eigenvalue weighted by atomic mass is 9.80. The van der Waals surface area contributed by atoms with Crippen LogP contribution in [0.15, 0.2) is 29.3 Å². The molecule has 2 aliphatic rings. The molecule has 1 amide bonds. The number of carbonyl (C=O) groups is 1. The van der Waals surface area contributed by atoms with Crippen molar-refractivity contribution in [2.24, 2.45) is 4.99 Å². The van der Waals surface area contributed by atoms with Crippen LogP contribution in [0.4, 0.5) is 5.69 Å². The average molecular weight is 458 g/mol. The number of nitrogens with one attached hydrogen (secondary N) is 3. The molecular formula is C18H27IN4O2. The molecule has 1 aromatic carbocycles. The van der Waals surface area contributed by atoms with Crippen LogP contribution in [0.1, 0.15) is 44.1 Å². The first kappa shape index (κ1) is 20.0. The van der Waals surface area contributed by atoms with E-state index >= 15 is 0 Å². The normalized spacial score (nSPS) is 21.3. The lowest BCUT2D eigenvalue weighted by Crippen LogP contribution is -2.44. The Morgan fingerprint density at radius 2 is 2.12 bits per heavy atom. The Bertz CT molecular complexity index is 631. The summed E-state index contributed by atoms with van der Waals surface area (Å²) in [4.78, 5) is 16.4. The molecule has 1 aliphatic heterocycles. The Labute approximate surface area is 165 Å². The molecule has 1 atom stereocenters. The number of para-hydroxylation sites is 1. The first-order valence-electron chi connectivity index (χ1n) is 8.73. The molecule has 1 saturated carbocycles. The van der Waals surface area contributed by atoms with E-state index in [2.05, 4.69) is 27.0 Å². The van der Waals surface area contributed by atoms with Crippen LogP contribution in [0.3, 0.4) is 0 Å². The molecule has 0 radical (unpaired) electrons. The molecule has 0 bridgehead atoms. The lowest BCUT2D eigenvalue weighted by molar-refractivity contribution is -0.116. The second-order valence-electron chi connectivity index (χ2n) is 6.69. The number of anilines is 1. The molecule has 1 heterocycles. The summed E-state index contributed by atoms with van der Waals surface area (Å²) in [6.45, 7) is 3.82. The second kappa shape index (κ2) is 8.84. The topological polar surface area (TPSA) is 85.8 Å². The summed E-state index contributed by atoms with van der Waals surface area (Å²) in [7, 11) is 0. The van der Waals surface area contributed by atoms with E-state index in [9.17, 15) is 9.90 Å². The molecule has 6 nitrogen and oxygen atoms in total. The van der Waals surface area contributed by atoms with Crippen molar-refractivity contribution >= 4 is 41.5 Å². The van der Waals surface area contributed by atoms with Gasteiger partial charge in [-0.25, -0.2) is 0 Å². The monoisotopic (exact) mass is 458 g/mol. The van der Waals surface area contributed by atoms with Gasteiger partial charge in [-0.05, 0) is 37.8 Å². The van der Waals surface area contributed by atoms with E-state index in [0.717, 1.165) is 37.1 Å². The zero-order valence-corrected chi connectivity index (χ0v) is 16.9. The first-order chi connectivity index (χ1) is 11.6. The largest absolute Gasteiger partial charge is 0.388 e.